The van der Waals surface area contributed by atoms with Gasteiger partial charge in [0.25, 0.3) is 0 Å². The number of hydrogen-bond acceptors (Lipinski definition) is 2. The minimum Gasteiger partial charge on any atom is -0.352 e. The van der Waals surface area contributed by atoms with E-state index in [2.05, 4.69) is 10.6 Å². The lowest BCUT2D eigenvalue weighted by atomic mass is 10.1. The standard InChI is InChI=1S/C20H21ClN2O2/c1-12-5-3-4-6-14(12)11-22-19(24)16-10-17(16)20(25)23-18-9-15(21)8-7-13(18)2/h3-9,16-17H,10-11H2,1-2H3,(H,22,24)(H,23,25). The molecule has 1 fully saturated rings. The van der Waals surface area contributed by atoms with Gasteiger partial charge in [0.15, 0.2) is 0 Å². The fourth-order valence-electron chi connectivity index (χ4n) is 2.85. The highest BCUT2D eigenvalue weighted by atomic mass is 35.5. The molecule has 0 radical (unpaired) electrons. The molecule has 2 unspecified atom stereocenters. The van der Waals surface area contributed by atoms with E-state index in [-0.39, 0.29) is 23.7 Å². The lowest BCUT2D eigenvalue weighted by Gasteiger charge is -2.09. The van der Waals surface area contributed by atoms with Gasteiger partial charge < -0.3 is 10.6 Å². The summed E-state index contributed by atoms with van der Waals surface area (Å²) in [5.74, 6) is -0.702. The van der Waals surface area contributed by atoms with Crippen molar-refractivity contribution in [2.24, 2.45) is 11.8 Å². The van der Waals surface area contributed by atoms with Gasteiger partial charge in [-0.2, -0.15) is 0 Å². The van der Waals surface area contributed by atoms with Crippen molar-refractivity contribution < 1.29 is 9.59 Å². The Morgan fingerprint density at radius 3 is 2.52 bits per heavy atom. The van der Waals surface area contributed by atoms with Crippen molar-refractivity contribution in [3.63, 3.8) is 0 Å². The molecule has 0 aromatic heterocycles. The van der Waals surface area contributed by atoms with Crippen molar-refractivity contribution in [3.8, 4) is 0 Å². The van der Waals surface area contributed by atoms with E-state index in [1.165, 1.54) is 0 Å². The number of rotatable bonds is 5. The Labute approximate surface area is 152 Å². The molecule has 2 atom stereocenters. The number of carbonyl (C=O) groups is 2. The van der Waals surface area contributed by atoms with Crippen molar-refractivity contribution in [2.75, 3.05) is 5.32 Å². The summed E-state index contributed by atoms with van der Waals surface area (Å²) in [6.45, 7) is 4.41. The van der Waals surface area contributed by atoms with Crippen molar-refractivity contribution in [1.82, 2.24) is 5.32 Å². The number of amides is 2. The molecule has 130 valence electrons. The number of carbonyl (C=O) groups excluding carboxylic acids is 2. The van der Waals surface area contributed by atoms with E-state index in [4.69, 9.17) is 11.6 Å². The zero-order chi connectivity index (χ0) is 18.0. The summed E-state index contributed by atoms with van der Waals surface area (Å²) in [5.41, 5.74) is 3.87. The van der Waals surface area contributed by atoms with Crippen molar-refractivity contribution in [2.45, 2.75) is 26.8 Å². The molecular formula is C20H21ClN2O2. The molecule has 5 heteroatoms. The number of nitrogens with one attached hydrogen (secondary N) is 2. The van der Waals surface area contributed by atoms with Crippen LogP contribution in [0.15, 0.2) is 42.5 Å². The van der Waals surface area contributed by atoms with Gasteiger partial charge in [0.2, 0.25) is 11.8 Å². The van der Waals surface area contributed by atoms with Crippen molar-refractivity contribution in [3.05, 3.63) is 64.2 Å². The van der Waals surface area contributed by atoms with Gasteiger partial charge in [0, 0.05) is 17.3 Å². The van der Waals surface area contributed by atoms with Gasteiger partial charge in [-0.05, 0) is 49.1 Å². The van der Waals surface area contributed by atoms with Crippen LogP contribution in [0.5, 0.6) is 0 Å². The highest BCUT2D eigenvalue weighted by molar-refractivity contribution is 6.31. The fraction of sp³-hybridized carbons (Fsp3) is 0.300. The van der Waals surface area contributed by atoms with E-state index in [9.17, 15) is 9.59 Å². The second-order valence-electron chi connectivity index (χ2n) is 6.54. The van der Waals surface area contributed by atoms with Crippen molar-refractivity contribution in [1.29, 1.82) is 0 Å². The van der Waals surface area contributed by atoms with E-state index in [1.807, 2.05) is 44.2 Å². The molecule has 2 aromatic rings. The second-order valence-corrected chi connectivity index (χ2v) is 6.98. The molecule has 0 spiro atoms. The lowest BCUT2D eigenvalue weighted by Crippen LogP contribution is -2.27. The summed E-state index contributed by atoms with van der Waals surface area (Å²) in [6.07, 6.45) is 0.588. The molecule has 25 heavy (non-hydrogen) atoms. The van der Waals surface area contributed by atoms with Crippen LogP contribution in [0.25, 0.3) is 0 Å². The van der Waals surface area contributed by atoms with Crippen molar-refractivity contribution >= 4 is 29.1 Å². The van der Waals surface area contributed by atoms with E-state index in [0.29, 0.717) is 23.7 Å². The Kier molecular flexibility index (Phi) is 5.09. The Balaban J connectivity index is 1.53. The van der Waals surface area contributed by atoms with Crippen LogP contribution >= 0.6 is 11.6 Å². The maximum atomic E-state index is 12.3. The molecule has 0 saturated heterocycles. The summed E-state index contributed by atoms with van der Waals surface area (Å²) in [6, 6.07) is 13.3. The largest absolute Gasteiger partial charge is 0.352 e. The quantitative estimate of drug-likeness (QED) is 0.854. The maximum Gasteiger partial charge on any atom is 0.228 e. The molecule has 1 saturated carbocycles. The zero-order valence-corrected chi connectivity index (χ0v) is 15.1. The van der Waals surface area contributed by atoms with Gasteiger partial charge in [-0.1, -0.05) is 41.9 Å². The van der Waals surface area contributed by atoms with E-state index in [0.717, 1.165) is 16.7 Å². The summed E-state index contributed by atoms with van der Waals surface area (Å²) in [4.78, 5) is 24.6. The number of anilines is 1. The number of benzene rings is 2. The Morgan fingerprint density at radius 2 is 1.76 bits per heavy atom. The molecule has 0 heterocycles. The first-order valence-electron chi connectivity index (χ1n) is 8.35. The number of aryl methyl sites for hydroxylation is 2. The highest BCUT2D eigenvalue weighted by Crippen LogP contribution is 2.40. The first-order valence-corrected chi connectivity index (χ1v) is 8.72. The monoisotopic (exact) mass is 356 g/mol. The van der Waals surface area contributed by atoms with Crippen LogP contribution in [-0.4, -0.2) is 11.8 Å². The molecule has 1 aliphatic carbocycles. The number of hydrogen-bond donors (Lipinski definition) is 2. The third kappa shape index (κ3) is 4.20. The first-order chi connectivity index (χ1) is 12.0. The molecule has 2 N–H and O–H groups in total. The van der Waals surface area contributed by atoms with Gasteiger partial charge >= 0.3 is 0 Å². The number of halogens is 1. The molecule has 0 bridgehead atoms. The molecule has 3 rings (SSSR count). The maximum absolute atomic E-state index is 12.3. The topological polar surface area (TPSA) is 58.2 Å². The third-order valence-electron chi connectivity index (χ3n) is 4.64. The summed E-state index contributed by atoms with van der Waals surface area (Å²) < 4.78 is 0. The van der Waals surface area contributed by atoms with Crippen LogP contribution in [0, 0.1) is 25.7 Å². The normalized spacial score (nSPS) is 18.5. The van der Waals surface area contributed by atoms with E-state index in [1.54, 1.807) is 12.1 Å². The molecule has 4 nitrogen and oxygen atoms in total. The van der Waals surface area contributed by atoms with Crippen LogP contribution in [0.3, 0.4) is 0 Å². The van der Waals surface area contributed by atoms with E-state index >= 15 is 0 Å². The predicted molar refractivity (Wildman–Crippen MR) is 99.4 cm³/mol. The smallest absolute Gasteiger partial charge is 0.228 e. The molecule has 1 aliphatic rings. The Hall–Kier alpha value is -2.33. The van der Waals surface area contributed by atoms with Crippen LogP contribution in [0.2, 0.25) is 5.02 Å². The van der Waals surface area contributed by atoms with Gasteiger partial charge in [0.05, 0.1) is 11.8 Å². The second kappa shape index (κ2) is 7.28. The van der Waals surface area contributed by atoms with Crippen LogP contribution in [0.1, 0.15) is 23.1 Å². The van der Waals surface area contributed by atoms with Gasteiger partial charge in [-0.15, -0.1) is 0 Å². The summed E-state index contributed by atoms with van der Waals surface area (Å²) in [7, 11) is 0. The van der Waals surface area contributed by atoms with Gasteiger partial charge in [-0.3, -0.25) is 9.59 Å². The molecule has 2 aromatic carbocycles. The Morgan fingerprint density at radius 1 is 1.04 bits per heavy atom. The average Bonchev–Trinajstić information content (AvgIpc) is 3.38. The van der Waals surface area contributed by atoms with Gasteiger partial charge in [0.1, 0.15) is 0 Å². The van der Waals surface area contributed by atoms with Crippen LogP contribution < -0.4 is 10.6 Å². The summed E-state index contributed by atoms with van der Waals surface area (Å²) >= 11 is 5.97. The predicted octanol–water partition coefficient (Wildman–Crippen LogP) is 3.85. The summed E-state index contributed by atoms with van der Waals surface area (Å²) in [5, 5.41) is 6.38. The fourth-order valence-corrected chi connectivity index (χ4v) is 3.02. The molecule has 2 amide bonds. The van der Waals surface area contributed by atoms with Gasteiger partial charge in [-0.25, -0.2) is 0 Å². The SMILES string of the molecule is Cc1ccccc1CNC(=O)C1CC1C(=O)Nc1cc(Cl)ccc1C. The molecule has 0 aliphatic heterocycles. The average molecular weight is 357 g/mol. The Bertz CT molecular complexity index is 819. The minimum atomic E-state index is -0.268. The zero-order valence-electron chi connectivity index (χ0n) is 14.3. The van der Waals surface area contributed by atoms with Crippen LogP contribution in [-0.2, 0) is 16.1 Å². The first kappa shape index (κ1) is 17.5. The third-order valence-corrected chi connectivity index (χ3v) is 4.87. The molecular weight excluding hydrogens is 336 g/mol. The lowest BCUT2D eigenvalue weighted by molar-refractivity contribution is -0.125. The minimum absolute atomic E-state index is 0.0637. The van der Waals surface area contributed by atoms with E-state index < -0.39 is 0 Å². The highest BCUT2D eigenvalue weighted by Gasteiger charge is 2.48. The van der Waals surface area contributed by atoms with Crippen LogP contribution in [0.4, 0.5) is 5.69 Å².